The molecule has 0 heterocycles. The number of carbonyl (C=O) groups excluding carboxylic acids is 1. The Balaban J connectivity index is -0.0000000241. The second-order valence-corrected chi connectivity index (χ2v) is 1.97. The maximum Gasteiger partial charge on any atom is 0 e. The largest absolute Gasteiger partial charge is 0.542 e. The standard InChI is InChI=1S/C6H5.C4H7O.2CH3.V.W.Y/c1-2-4-6-5-3-1;1-2-3-4-5;;;;;/h1-5H;2-3H2,1H3;2*1H3;;;/q4*-1;;;. The molecule has 0 fully saturated rings. The van der Waals surface area contributed by atoms with Gasteiger partial charge in [-0.05, 0) is 0 Å². The molecule has 1 aromatic rings. The topological polar surface area (TPSA) is 17.1 Å². The number of hydrogen-bond acceptors (Lipinski definition) is 1. The molecule has 16 heavy (non-hydrogen) atoms. The van der Waals surface area contributed by atoms with Crippen LogP contribution in [0, 0.1) is 20.9 Å². The molecule has 0 aromatic heterocycles. The van der Waals surface area contributed by atoms with Crippen LogP contribution < -0.4 is 0 Å². The Hall–Kier alpha value is 1.27. The number of unbranched alkanes of at least 4 members (excludes halogenated alkanes) is 1. The van der Waals surface area contributed by atoms with Crippen LogP contribution in [0.15, 0.2) is 30.3 Å². The van der Waals surface area contributed by atoms with Crippen molar-refractivity contribution in [1.82, 2.24) is 0 Å². The van der Waals surface area contributed by atoms with E-state index in [2.05, 4.69) is 6.07 Å². The van der Waals surface area contributed by atoms with Gasteiger partial charge in [-0.2, -0.15) is 42.8 Å². The van der Waals surface area contributed by atoms with E-state index in [1.54, 1.807) is 6.29 Å². The first-order chi connectivity index (χ1) is 5.41. The molecule has 1 rings (SSSR count). The van der Waals surface area contributed by atoms with E-state index in [4.69, 9.17) is 0 Å². The average Bonchev–Trinajstić information content (AvgIpc) is 2.10. The molecule has 0 aliphatic carbocycles. The first-order valence-electron chi connectivity index (χ1n) is 3.68. The van der Waals surface area contributed by atoms with Crippen molar-refractivity contribution in [3.8, 4) is 0 Å². The second-order valence-electron chi connectivity index (χ2n) is 1.97. The molecule has 0 spiro atoms. The molecule has 0 aliphatic heterocycles. The third-order valence-corrected chi connectivity index (χ3v) is 0.959. The molecule has 0 aliphatic rings. The fourth-order valence-electron chi connectivity index (χ4n) is 0.444. The summed E-state index contributed by atoms with van der Waals surface area (Å²) in [6, 6.07) is 12.5. The predicted molar refractivity (Wildman–Crippen MR) is 58.7 cm³/mol. The Morgan fingerprint density at radius 3 is 1.62 bits per heavy atom. The molecule has 4 heteroatoms. The van der Waals surface area contributed by atoms with Gasteiger partial charge in [-0.25, -0.2) is 0 Å². The molecule has 2 radical (unpaired) electrons. The predicted octanol–water partition coefficient (Wildman–Crippen LogP) is 3.28. The van der Waals surface area contributed by atoms with Crippen LogP contribution in [0.3, 0.4) is 0 Å². The zero-order valence-corrected chi connectivity index (χ0v) is 17.3. The number of hydrogen-bond donors (Lipinski definition) is 0. The molecule has 0 saturated heterocycles. The summed E-state index contributed by atoms with van der Waals surface area (Å²) in [7, 11) is 0. The van der Waals surface area contributed by atoms with Gasteiger partial charge in [-0.3, -0.25) is 6.29 Å². The molecular formula is C12H18OVWY-4. The van der Waals surface area contributed by atoms with E-state index in [1.807, 2.05) is 37.3 Å². The normalized spacial score (nSPS) is 5.31. The minimum Gasteiger partial charge on any atom is -0.542 e. The van der Waals surface area contributed by atoms with Crippen LogP contribution in [0.5, 0.6) is 0 Å². The van der Waals surface area contributed by atoms with E-state index in [0.717, 1.165) is 6.42 Å². The van der Waals surface area contributed by atoms with Crippen molar-refractivity contribution < 1.29 is 77.1 Å². The smallest absolute Gasteiger partial charge is 0 e. The molecule has 90 valence electrons. The van der Waals surface area contributed by atoms with E-state index in [1.165, 1.54) is 0 Å². The van der Waals surface area contributed by atoms with Crippen LogP contribution in [-0.4, -0.2) is 6.29 Å². The van der Waals surface area contributed by atoms with E-state index in [9.17, 15) is 4.79 Å². The maximum atomic E-state index is 9.28. The Kier molecular flexibility index (Phi) is 80.9. The SMILES string of the molecule is CCC[C-]=O.[CH3-].[CH3-].[V].[W].[Y].[c-]1ccccc1. The van der Waals surface area contributed by atoms with Crippen molar-refractivity contribution in [3.05, 3.63) is 51.3 Å². The van der Waals surface area contributed by atoms with Gasteiger partial charge >= 0.3 is 0 Å². The van der Waals surface area contributed by atoms with E-state index < -0.39 is 0 Å². The minimum atomic E-state index is 0. The average molecular weight is 502 g/mol. The van der Waals surface area contributed by atoms with Gasteiger partial charge in [-0.1, -0.05) is 13.3 Å². The fourth-order valence-corrected chi connectivity index (χ4v) is 0.444. The van der Waals surface area contributed by atoms with Crippen molar-refractivity contribution in [2.24, 2.45) is 0 Å². The van der Waals surface area contributed by atoms with E-state index >= 15 is 0 Å². The zero-order valence-electron chi connectivity index (χ0n) is 10.1. The summed E-state index contributed by atoms with van der Waals surface area (Å²) in [5, 5.41) is 0. The van der Waals surface area contributed by atoms with Gasteiger partial charge in [0.1, 0.15) is 0 Å². The Morgan fingerprint density at radius 2 is 1.56 bits per heavy atom. The van der Waals surface area contributed by atoms with Crippen LogP contribution in [0.4, 0.5) is 0 Å². The molecule has 0 atom stereocenters. The first kappa shape index (κ1) is 36.0. The number of rotatable bonds is 2. The Labute approximate surface area is 153 Å². The molecule has 1 aromatic carbocycles. The van der Waals surface area contributed by atoms with E-state index in [-0.39, 0.29) is 87.2 Å². The van der Waals surface area contributed by atoms with Crippen molar-refractivity contribution in [3.63, 3.8) is 0 Å². The third-order valence-electron chi connectivity index (χ3n) is 0.959. The summed E-state index contributed by atoms with van der Waals surface area (Å²) in [4.78, 5) is 9.28. The second kappa shape index (κ2) is 36.0. The minimum absolute atomic E-state index is 0. The Morgan fingerprint density at radius 1 is 1.12 bits per heavy atom. The summed E-state index contributed by atoms with van der Waals surface area (Å²) in [5.41, 5.74) is 0. The summed E-state index contributed by atoms with van der Waals surface area (Å²) < 4.78 is 0. The van der Waals surface area contributed by atoms with Gasteiger partial charge in [0.25, 0.3) is 0 Å². The van der Waals surface area contributed by atoms with Gasteiger partial charge in [0.2, 0.25) is 0 Å². The molecule has 0 unspecified atom stereocenters. The van der Waals surface area contributed by atoms with Crippen LogP contribution in [0.25, 0.3) is 0 Å². The van der Waals surface area contributed by atoms with Crippen LogP contribution >= 0.6 is 0 Å². The summed E-state index contributed by atoms with van der Waals surface area (Å²) in [6.45, 7) is 1.95. The number of benzene rings is 1. The van der Waals surface area contributed by atoms with Crippen LogP contribution in [0.1, 0.15) is 19.8 Å². The van der Waals surface area contributed by atoms with Gasteiger partial charge in [-0.15, -0.1) is 0 Å². The molecular weight excluding hydrogens is 484 g/mol. The van der Waals surface area contributed by atoms with Crippen molar-refractivity contribution in [1.29, 1.82) is 0 Å². The van der Waals surface area contributed by atoms with Crippen molar-refractivity contribution >= 4 is 6.29 Å². The summed E-state index contributed by atoms with van der Waals surface area (Å²) in [6.07, 6.45) is 3.27. The molecule has 0 N–H and O–H groups in total. The zero-order chi connectivity index (χ0) is 8.36. The first-order valence-corrected chi connectivity index (χ1v) is 3.68. The van der Waals surface area contributed by atoms with Gasteiger partial charge in [0.05, 0.1) is 0 Å². The molecule has 1 nitrogen and oxygen atoms in total. The summed E-state index contributed by atoms with van der Waals surface area (Å²) >= 11 is 0. The fraction of sp³-hybridized carbons (Fsp3) is 0.250. The molecule has 0 saturated carbocycles. The van der Waals surface area contributed by atoms with Crippen molar-refractivity contribution in [2.75, 3.05) is 0 Å². The van der Waals surface area contributed by atoms with Gasteiger partial charge < -0.3 is 19.6 Å². The van der Waals surface area contributed by atoms with E-state index in [0.29, 0.717) is 6.42 Å². The quantitative estimate of drug-likeness (QED) is 0.569. The molecule has 0 bridgehead atoms. The molecule has 0 amide bonds. The third kappa shape index (κ3) is 36.2. The Bertz CT molecular complexity index is 147. The monoisotopic (exact) mass is 502 g/mol. The van der Waals surface area contributed by atoms with Gasteiger partial charge in [0.15, 0.2) is 0 Å². The van der Waals surface area contributed by atoms with Crippen LogP contribution in [0.2, 0.25) is 0 Å². The summed E-state index contributed by atoms with van der Waals surface area (Å²) in [5.74, 6) is 0. The van der Waals surface area contributed by atoms with Crippen molar-refractivity contribution in [2.45, 2.75) is 19.8 Å². The van der Waals surface area contributed by atoms with Gasteiger partial charge in [0, 0.05) is 72.3 Å². The maximum absolute atomic E-state index is 9.28. The van der Waals surface area contributed by atoms with Crippen LogP contribution in [-0.2, 0) is 77.1 Å².